The van der Waals surface area contributed by atoms with Crippen LogP contribution in [0.15, 0.2) is 33.9 Å². The van der Waals surface area contributed by atoms with Crippen LogP contribution in [-0.4, -0.2) is 32.8 Å². The Morgan fingerprint density at radius 3 is 2.56 bits per heavy atom. The van der Waals surface area contributed by atoms with Gasteiger partial charge in [0.25, 0.3) is 11.1 Å². The number of carbonyl (C=O) groups excluding carboxylic acids is 1. The van der Waals surface area contributed by atoms with Crippen LogP contribution in [0, 0.1) is 0 Å². The van der Waals surface area contributed by atoms with E-state index in [1.165, 1.54) is 0 Å². The largest absolute Gasteiger partial charge is 0.480 e. The summed E-state index contributed by atoms with van der Waals surface area (Å²) in [5, 5.41) is 14.6. The van der Waals surface area contributed by atoms with E-state index in [9.17, 15) is 19.2 Å². The van der Waals surface area contributed by atoms with Gasteiger partial charge in [-0.1, -0.05) is 31.9 Å². The van der Waals surface area contributed by atoms with Crippen LogP contribution in [0.1, 0.15) is 32.6 Å². The predicted molar refractivity (Wildman–Crippen MR) is 92.5 cm³/mol. The highest BCUT2D eigenvalue weighted by molar-refractivity contribution is 5.83. The summed E-state index contributed by atoms with van der Waals surface area (Å²) < 4.78 is 1.08. The molecule has 134 valence electrons. The van der Waals surface area contributed by atoms with Crippen molar-refractivity contribution in [3.05, 3.63) is 45.0 Å². The Bertz CT molecular complexity index is 884. The summed E-state index contributed by atoms with van der Waals surface area (Å²) in [5.74, 6) is -1.57. The molecule has 0 aliphatic carbocycles. The molecule has 1 heterocycles. The number of carbonyl (C=O) groups is 2. The van der Waals surface area contributed by atoms with Crippen molar-refractivity contribution in [3.8, 4) is 0 Å². The van der Waals surface area contributed by atoms with Gasteiger partial charge in [0.2, 0.25) is 5.91 Å². The molecule has 0 radical (unpaired) electrons. The number of carboxylic acid groups (broad SMARTS) is 1. The van der Waals surface area contributed by atoms with E-state index in [0.717, 1.165) is 11.1 Å². The minimum absolute atomic E-state index is 0.0368. The molecule has 1 aromatic carbocycles. The number of aryl methyl sites for hydroxylation is 1. The lowest BCUT2D eigenvalue weighted by molar-refractivity contribution is -0.142. The SMILES string of the molecule is CCCCC(NC(=O)CCn1[nH]c(=O)c2ccccc2c1=O)C(=O)O. The fraction of sp³-hybridized carbons (Fsp3) is 0.412. The summed E-state index contributed by atoms with van der Waals surface area (Å²) in [7, 11) is 0. The molecule has 1 aromatic heterocycles. The number of aromatic nitrogens is 2. The van der Waals surface area contributed by atoms with Crippen LogP contribution in [-0.2, 0) is 16.1 Å². The lowest BCUT2D eigenvalue weighted by Gasteiger charge is -2.14. The van der Waals surface area contributed by atoms with E-state index in [1.807, 2.05) is 6.92 Å². The van der Waals surface area contributed by atoms with Crippen LogP contribution in [0.25, 0.3) is 10.8 Å². The van der Waals surface area contributed by atoms with Crippen molar-refractivity contribution in [3.63, 3.8) is 0 Å². The number of unbranched alkanes of at least 4 members (excludes halogenated alkanes) is 1. The molecule has 2 rings (SSSR count). The molecule has 3 N–H and O–H groups in total. The zero-order chi connectivity index (χ0) is 18.4. The second-order valence-electron chi connectivity index (χ2n) is 5.79. The van der Waals surface area contributed by atoms with Gasteiger partial charge in [0, 0.05) is 6.42 Å². The first-order chi connectivity index (χ1) is 11.9. The number of carboxylic acids is 1. The van der Waals surface area contributed by atoms with Gasteiger partial charge in [-0.15, -0.1) is 0 Å². The topological polar surface area (TPSA) is 121 Å². The fourth-order valence-corrected chi connectivity index (χ4v) is 2.55. The number of aliphatic carboxylic acids is 1. The van der Waals surface area contributed by atoms with Gasteiger partial charge < -0.3 is 10.4 Å². The molecule has 1 atom stereocenters. The Morgan fingerprint density at radius 2 is 1.92 bits per heavy atom. The number of nitrogens with one attached hydrogen (secondary N) is 2. The Morgan fingerprint density at radius 1 is 1.24 bits per heavy atom. The first kappa shape index (κ1) is 18.4. The van der Waals surface area contributed by atoms with Crippen LogP contribution in [0.5, 0.6) is 0 Å². The number of fused-ring (bicyclic) bond motifs is 1. The molecular weight excluding hydrogens is 326 g/mol. The van der Waals surface area contributed by atoms with E-state index in [2.05, 4.69) is 10.4 Å². The number of rotatable bonds is 8. The highest BCUT2D eigenvalue weighted by atomic mass is 16.4. The van der Waals surface area contributed by atoms with Crippen molar-refractivity contribution in [2.45, 2.75) is 45.2 Å². The zero-order valence-corrected chi connectivity index (χ0v) is 13.9. The number of hydrogen-bond donors (Lipinski definition) is 3. The van der Waals surface area contributed by atoms with Gasteiger partial charge in [0.05, 0.1) is 17.3 Å². The van der Waals surface area contributed by atoms with Crippen LogP contribution < -0.4 is 16.4 Å². The molecule has 25 heavy (non-hydrogen) atoms. The van der Waals surface area contributed by atoms with Crippen molar-refractivity contribution in [1.82, 2.24) is 15.1 Å². The summed E-state index contributed by atoms with van der Waals surface area (Å²) >= 11 is 0. The van der Waals surface area contributed by atoms with Crippen molar-refractivity contribution >= 4 is 22.6 Å². The first-order valence-corrected chi connectivity index (χ1v) is 8.18. The zero-order valence-electron chi connectivity index (χ0n) is 13.9. The normalized spacial score (nSPS) is 12.0. The molecule has 2 aromatic rings. The number of aromatic amines is 1. The van der Waals surface area contributed by atoms with E-state index >= 15 is 0 Å². The molecule has 8 nitrogen and oxygen atoms in total. The van der Waals surface area contributed by atoms with Crippen LogP contribution >= 0.6 is 0 Å². The average molecular weight is 347 g/mol. The van der Waals surface area contributed by atoms with Gasteiger partial charge in [-0.05, 0) is 18.6 Å². The molecule has 0 aliphatic rings. The summed E-state index contributed by atoms with van der Waals surface area (Å²) in [6, 6.07) is 5.48. The second-order valence-corrected chi connectivity index (χ2v) is 5.79. The smallest absolute Gasteiger partial charge is 0.326 e. The maximum atomic E-state index is 12.3. The van der Waals surface area contributed by atoms with Crippen molar-refractivity contribution in [2.75, 3.05) is 0 Å². The van der Waals surface area contributed by atoms with Gasteiger partial charge in [-0.3, -0.25) is 19.5 Å². The molecule has 0 spiro atoms. The Labute approximate surface area is 143 Å². The predicted octanol–water partition coefficient (Wildman–Crippen LogP) is 0.839. The molecule has 0 bridgehead atoms. The summed E-state index contributed by atoms with van der Waals surface area (Å²) in [5.41, 5.74) is -0.814. The van der Waals surface area contributed by atoms with E-state index in [1.54, 1.807) is 24.3 Å². The molecular formula is C17H21N3O5. The van der Waals surface area contributed by atoms with E-state index in [0.29, 0.717) is 18.2 Å². The number of hydrogen-bond acceptors (Lipinski definition) is 4. The quantitative estimate of drug-likeness (QED) is 0.653. The van der Waals surface area contributed by atoms with E-state index in [-0.39, 0.29) is 18.4 Å². The minimum Gasteiger partial charge on any atom is -0.480 e. The molecule has 0 saturated heterocycles. The Kier molecular flexibility index (Phi) is 6.10. The highest BCUT2D eigenvalue weighted by Gasteiger charge is 2.19. The minimum atomic E-state index is -1.09. The highest BCUT2D eigenvalue weighted by Crippen LogP contribution is 2.03. The summed E-state index contributed by atoms with van der Waals surface area (Å²) in [6.45, 7) is 1.90. The fourth-order valence-electron chi connectivity index (χ4n) is 2.55. The molecule has 1 amide bonds. The summed E-state index contributed by atoms with van der Waals surface area (Å²) in [4.78, 5) is 47.4. The van der Waals surface area contributed by atoms with Gasteiger partial charge >= 0.3 is 5.97 Å². The van der Waals surface area contributed by atoms with Gasteiger partial charge in [0.15, 0.2) is 0 Å². The number of benzene rings is 1. The molecule has 0 saturated carbocycles. The first-order valence-electron chi connectivity index (χ1n) is 8.18. The van der Waals surface area contributed by atoms with Gasteiger partial charge in [-0.2, -0.15) is 0 Å². The third-order valence-electron chi connectivity index (χ3n) is 3.93. The van der Waals surface area contributed by atoms with E-state index in [4.69, 9.17) is 5.11 Å². The van der Waals surface area contributed by atoms with Gasteiger partial charge in [0.1, 0.15) is 6.04 Å². The third kappa shape index (κ3) is 4.56. The Hall–Kier alpha value is -2.90. The standard InChI is InChI=1S/C17H21N3O5/c1-2-3-8-13(17(24)25)18-14(21)9-10-20-16(23)12-7-5-4-6-11(12)15(22)19-20/h4-7,13H,2-3,8-10H2,1H3,(H,18,21)(H,19,22)(H,24,25). The molecule has 1 unspecified atom stereocenters. The molecule has 0 fully saturated rings. The molecule has 0 aliphatic heterocycles. The monoisotopic (exact) mass is 347 g/mol. The van der Waals surface area contributed by atoms with Crippen LogP contribution in [0.4, 0.5) is 0 Å². The molecule has 8 heteroatoms. The lowest BCUT2D eigenvalue weighted by atomic mass is 10.1. The number of H-pyrrole nitrogens is 1. The van der Waals surface area contributed by atoms with Crippen LogP contribution in [0.2, 0.25) is 0 Å². The lowest BCUT2D eigenvalue weighted by Crippen LogP contribution is -2.41. The number of amides is 1. The average Bonchev–Trinajstić information content (AvgIpc) is 2.60. The maximum absolute atomic E-state index is 12.3. The van der Waals surface area contributed by atoms with Crippen LogP contribution in [0.3, 0.4) is 0 Å². The summed E-state index contributed by atoms with van der Waals surface area (Å²) in [6.07, 6.45) is 1.76. The maximum Gasteiger partial charge on any atom is 0.326 e. The van der Waals surface area contributed by atoms with Crippen molar-refractivity contribution in [2.24, 2.45) is 0 Å². The number of nitrogens with zero attached hydrogens (tertiary/aromatic N) is 1. The third-order valence-corrected chi connectivity index (χ3v) is 3.93. The Balaban J connectivity index is 2.08. The van der Waals surface area contributed by atoms with E-state index < -0.39 is 29.0 Å². The van der Waals surface area contributed by atoms with Crippen molar-refractivity contribution in [1.29, 1.82) is 0 Å². The van der Waals surface area contributed by atoms with Gasteiger partial charge in [-0.25, -0.2) is 9.48 Å². The van der Waals surface area contributed by atoms with Crippen molar-refractivity contribution < 1.29 is 14.7 Å². The second kappa shape index (κ2) is 8.27.